The molecule has 0 bridgehead atoms. The number of para-hydroxylation sites is 1. The number of hydrogen-bond donors (Lipinski definition) is 0. The summed E-state index contributed by atoms with van der Waals surface area (Å²) in [5, 5.41) is 1.18. The van der Waals surface area contributed by atoms with Crippen LogP contribution in [-0.4, -0.2) is 32.4 Å². The van der Waals surface area contributed by atoms with Crippen molar-refractivity contribution in [3.8, 4) is 11.5 Å². The van der Waals surface area contributed by atoms with Crippen LogP contribution in [0.1, 0.15) is 25.6 Å². The lowest BCUT2D eigenvalue weighted by Crippen LogP contribution is -2.08. The van der Waals surface area contributed by atoms with Gasteiger partial charge in [-0.2, -0.15) is 0 Å². The third-order valence-electron chi connectivity index (χ3n) is 4.77. The molecular formula is C25H18ClNO5S. The van der Waals surface area contributed by atoms with E-state index in [4.69, 9.17) is 25.8 Å². The molecule has 3 aromatic carbocycles. The average Bonchev–Trinajstić information content (AvgIpc) is 3.19. The van der Waals surface area contributed by atoms with E-state index in [0.29, 0.717) is 32.5 Å². The van der Waals surface area contributed by atoms with Gasteiger partial charge in [0.05, 0.1) is 30.5 Å². The number of rotatable bonds is 6. The predicted molar refractivity (Wildman–Crippen MR) is 130 cm³/mol. The number of aliphatic imine (C=N–C) groups is 1. The van der Waals surface area contributed by atoms with Crippen LogP contribution in [0.4, 0.5) is 5.69 Å². The fourth-order valence-corrected chi connectivity index (χ4v) is 4.54. The summed E-state index contributed by atoms with van der Waals surface area (Å²) in [4.78, 5) is 29.4. The summed E-state index contributed by atoms with van der Waals surface area (Å²) in [5.74, 6) is -0.427. The largest absolute Gasteiger partial charge is 0.493 e. The highest BCUT2D eigenvalue weighted by Crippen LogP contribution is 2.37. The van der Waals surface area contributed by atoms with Crippen molar-refractivity contribution in [2.45, 2.75) is 0 Å². The van der Waals surface area contributed by atoms with Gasteiger partial charge in [-0.25, -0.2) is 9.59 Å². The topological polar surface area (TPSA) is 74.2 Å². The highest BCUT2D eigenvalue weighted by molar-refractivity contribution is 7.21. The Morgan fingerprint density at radius 3 is 2.45 bits per heavy atom. The highest BCUT2D eigenvalue weighted by Gasteiger charge is 2.20. The molecular weight excluding hydrogens is 462 g/mol. The summed E-state index contributed by atoms with van der Waals surface area (Å²) >= 11 is 7.66. The Morgan fingerprint density at radius 2 is 1.70 bits per heavy atom. The molecule has 0 N–H and O–H groups in total. The molecule has 0 aliphatic rings. The summed E-state index contributed by atoms with van der Waals surface area (Å²) in [6, 6.07) is 19.4. The standard InChI is InChI=1S/C25H18ClNO5S/c1-30-20-13-15(14-27-18-9-5-3-7-16(18)24(28)31-2)11-12-19(20)32-25(29)23-22(26)17-8-4-6-10-21(17)33-23/h3-14H,1-2H3. The first-order chi connectivity index (χ1) is 16.0. The summed E-state index contributed by atoms with van der Waals surface area (Å²) in [6.45, 7) is 0. The first-order valence-electron chi connectivity index (χ1n) is 9.80. The molecule has 4 rings (SSSR count). The molecule has 0 fully saturated rings. The van der Waals surface area contributed by atoms with Crippen molar-refractivity contribution in [3.05, 3.63) is 87.8 Å². The molecule has 166 valence electrons. The Morgan fingerprint density at radius 1 is 0.939 bits per heavy atom. The summed E-state index contributed by atoms with van der Waals surface area (Å²) in [7, 11) is 2.80. The number of esters is 2. The van der Waals surface area contributed by atoms with Gasteiger partial charge in [-0.05, 0) is 42.0 Å². The molecule has 0 radical (unpaired) electrons. The third-order valence-corrected chi connectivity index (χ3v) is 6.43. The van der Waals surface area contributed by atoms with Crippen LogP contribution in [0, 0.1) is 0 Å². The molecule has 0 saturated heterocycles. The quantitative estimate of drug-likeness (QED) is 0.184. The summed E-state index contributed by atoms with van der Waals surface area (Å²) in [6.07, 6.45) is 1.58. The Bertz CT molecular complexity index is 1380. The highest BCUT2D eigenvalue weighted by atomic mass is 35.5. The normalized spacial score (nSPS) is 11.0. The van der Waals surface area contributed by atoms with E-state index < -0.39 is 11.9 Å². The number of benzene rings is 3. The van der Waals surface area contributed by atoms with Gasteiger partial charge < -0.3 is 14.2 Å². The van der Waals surface area contributed by atoms with Crippen LogP contribution >= 0.6 is 22.9 Å². The van der Waals surface area contributed by atoms with E-state index in [1.807, 2.05) is 24.3 Å². The van der Waals surface area contributed by atoms with Crippen LogP contribution in [0.3, 0.4) is 0 Å². The lowest BCUT2D eigenvalue weighted by atomic mass is 10.1. The number of thiophene rings is 1. The molecule has 0 aliphatic carbocycles. The van der Waals surface area contributed by atoms with Crippen molar-refractivity contribution in [1.82, 2.24) is 0 Å². The van der Waals surface area contributed by atoms with E-state index in [9.17, 15) is 9.59 Å². The number of methoxy groups -OCH3 is 2. The van der Waals surface area contributed by atoms with Gasteiger partial charge >= 0.3 is 11.9 Å². The maximum absolute atomic E-state index is 12.8. The zero-order valence-electron chi connectivity index (χ0n) is 17.7. The van der Waals surface area contributed by atoms with E-state index in [2.05, 4.69) is 4.99 Å². The number of carbonyl (C=O) groups is 2. The van der Waals surface area contributed by atoms with Crippen LogP contribution in [-0.2, 0) is 4.74 Å². The van der Waals surface area contributed by atoms with Crippen molar-refractivity contribution < 1.29 is 23.8 Å². The molecule has 0 unspecified atom stereocenters. The average molecular weight is 480 g/mol. The molecule has 4 aromatic rings. The number of hydrogen-bond acceptors (Lipinski definition) is 7. The summed E-state index contributed by atoms with van der Waals surface area (Å²) in [5.41, 5.74) is 1.51. The second kappa shape index (κ2) is 9.85. The lowest BCUT2D eigenvalue weighted by molar-refractivity contribution is 0.0601. The van der Waals surface area contributed by atoms with Gasteiger partial charge in [0.1, 0.15) is 4.88 Å². The van der Waals surface area contributed by atoms with Crippen molar-refractivity contribution in [1.29, 1.82) is 0 Å². The van der Waals surface area contributed by atoms with Crippen LogP contribution in [0.5, 0.6) is 11.5 Å². The maximum atomic E-state index is 12.8. The minimum atomic E-state index is -0.562. The molecule has 0 atom stereocenters. The van der Waals surface area contributed by atoms with E-state index >= 15 is 0 Å². The van der Waals surface area contributed by atoms with E-state index in [0.717, 1.165) is 10.1 Å². The molecule has 0 amide bonds. The van der Waals surface area contributed by atoms with Crippen molar-refractivity contribution in [2.75, 3.05) is 14.2 Å². The lowest BCUT2D eigenvalue weighted by Gasteiger charge is -2.09. The van der Waals surface area contributed by atoms with Crippen molar-refractivity contribution in [3.63, 3.8) is 0 Å². The number of halogens is 1. The number of ether oxygens (including phenoxy) is 3. The SMILES string of the molecule is COC(=O)c1ccccc1N=Cc1ccc(OC(=O)c2sc3ccccc3c2Cl)c(OC)c1. The second-order valence-corrected chi connectivity index (χ2v) is 8.24. The van der Waals surface area contributed by atoms with Crippen molar-refractivity contribution >= 4 is 56.9 Å². The van der Waals surface area contributed by atoms with Crippen LogP contribution in [0.25, 0.3) is 10.1 Å². The van der Waals surface area contributed by atoms with Gasteiger partial charge in [-0.1, -0.05) is 41.9 Å². The Labute approximate surface area is 199 Å². The minimum Gasteiger partial charge on any atom is -0.493 e. The van der Waals surface area contributed by atoms with Crippen LogP contribution < -0.4 is 9.47 Å². The predicted octanol–water partition coefficient (Wildman–Crippen LogP) is 6.32. The van der Waals surface area contributed by atoms with Crippen LogP contribution in [0.15, 0.2) is 71.7 Å². The first kappa shape index (κ1) is 22.5. The number of fused-ring (bicyclic) bond motifs is 1. The molecule has 33 heavy (non-hydrogen) atoms. The van der Waals surface area contributed by atoms with Gasteiger partial charge in [0.25, 0.3) is 0 Å². The molecule has 1 aromatic heterocycles. The molecule has 1 heterocycles. The zero-order valence-corrected chi connectivity index (χ0v) is 19.3. The number of nitrogens with zero attached hydrogens (tertiary/aromatic N) is 1. The fourth-order valence-electron chi connectivity index (χ4n) is 3.15. The van der Waals surface area contributed by atoms with E-state index in [-0.39, 0.29) is 5.75 Å². The smallest absolute Gasteiger partial charge is 0.355 e. The van der Waals surface area contributed by atoms with Gasteiger partial charge in [0, 0.05) is 16.3 Å². The van der Waals surface area contributed by atoms with Gasteiger partial charge in [0.2, 0.25) is 0 Å². The number of carbonyl (C=O) groups excluding carboxylic acids is 2. The van der Waals surface area contributed by atoms with Gasteiger partial charge in [0.15, 0.2) is 11.5 Å². The molecule has 0 spiro atoms. The second-order valence-electron chi connectivity index (χ2n) is 6.81. The molecule has 0 aliphatic heterocycles. The Balaban J connectivity index is 1.57. The Hall–Kier alpha value is -3.68. The minimum absolute atomic E-state index is 0.253. The van der Waals surface area contributed by atoms with Crippen LogP contribution in [0.2, 0.25) is 5.02 Å². The first-order valence-corrected chi connectivity index (χ1v) is 11.0. The van der Waals surface area contributed by atoms with Gasteiger partial charge in [-0.15, -0.1) is 11.3 Å². The van der Waals surface area contributed by atoms with Crippen molar-refractivity contribution in [2.24, 2.45) is 4.99 Å². The third kappa shape index (κ3) is 4.74. The molecule has 8 heteroatoms. The fraction of sp³-hybridized carbons (Fsp3) is 0.0800. The van der Waals surface area contributed by atoms with Gasteiger partial charge in [-0.3, -0.25) is 4.99 Å². The molecule has 0 saturated carbocycles. The van der Waals surface area contributed by atoms with E-state index in [1.165, 1.54) is 25.6 Å². The summed E-state index contributed by atoms with van der Waals surface area (Å²) < 4.78 is 16.7. The van der Waals surface area contributed by atoms with E-state index in [1.54, 1.807) is 48.7 Å². The Kier molecular flexibility index (Phi) is 6.72. The monoisotopic (exact) mass is 479 g/mol. The molecule has 6 nitrogen and oxygen atoms in total. The maximum Gasteiger partial charge on any atom is 0.355 e. The zero-order chi connectivity index (χ0) is 23.4.